The van der Waals surface area contributed by atoms with Crippen LogP contribution in [0.15, 0.2) is 46.9 Å². The van der Waals surface area contributed by atoms with Crippen molar-refractivity contribution < 1.29 is 9.53 Å². The smallest absolute Gasteiger partial charge is 0.315 e. The Morgan fingerprint density at radius 1 is 1.11 bits per heavy atom. The monoisotopic (exact) mass is 432 g/mol. The van der Waals surface area contributed by atoms with E-state index in [1.165, 1.54) is 11.1 Å². The largest absolute Gasteiger partial charge is 0.492 e. The number of aryl methyl sites for hydroxylation is 1. The first-order chi connectivity index (χ1) is 12.8. The summed E-state index contributed by atoms with van der Waals surface area (Å²) >= 11 is 3.58. The van der Waals surface area contributed by atoms with Gasteiger partial charge >= 0.3 is 6.03 Å². The maximum Gasteiger partial charge on any atom is 0.315 e. The molecule has 2 rings (SSSR count). The van der Waals surface area contributed by atoms with E-state index in [-0.39, 0.29) is 11.4 Å². The van der Waals surface area contributed by atoms with Gasteiger partial charge < -0.3 is 15.4 Å². The lowest BCUT2D eigenvalue weighted by atomic mass is 9.87. The molecular weight excluding hydrogens is 404 g/mol. The molecule has 0 spiro atoms. The van der Waals surface area contributed by atoms with Crippen LogP contribution in [0.5, 0.6) is 5.75 Å². The van der Waals surface area contributed by atoms with Gasteiger partial charge in [0.05, 0.1) is 11.1 Å². The molecule has 0 saturated heterocycles. The molecule has 0 aliphatic rings. The number of carbonyl (C=O) groups is 1. The minimum atomic E-state index is -0.158. The molecule has 0 unspecified atom stereocenters. The molecule has 0 aliphatic heterocycles. The normalized spacial score (nSPS) is 11.1. The molecule has 2 aromatic rings. The molecule has 0 heterocycles. The predicted molar refractivity (Wildman–Crippen MR) is 114 cm³/mol. The van der Waals surface area contributed by atoms with Crippen LogP contribution >= 0.6 is 15.9 Å². The molecule has 4 nitrogen and oxygen atoms in total. The lowest BCUT2D eigenvalue weighted by molar-refractivity contribution is 0.238. The van der Waals surface area contributed by atoms with E-state index in [9.17, 15) is 4.79 Å². The molecule has 0 aromatic heterocycles. The fourth-order valence-electron chi connectivity index (χ4n) is 2.59. The van der Waals surface area contributed by atoms with Crippen LogP contribution in [0.1, 0.15) is 43.9 Å². The molecule has 2 aromatic carbocycles. The maximum atomic E-state index is 11.9. The summed E-state index contributed by atoms with van der Waals surface area (Å²) in [6, 6.07) is 14.1. The Hall–Kier alpha value is -2.01. The van der Waals surface area contributed by atoms with Crippen LogP contribution in [0.3, 0.4) is 0 Å². The highest BCUT2D eigenvalue weighted by atomic mass is 79.9. The molecule has 0 bridgehead atoms. The summed E-state index contributed by atoms with van der Waals surface area (Å²) in [5.41, 5.74) is 3.67. The lowest BCUT2D eigenvalue weighted by Crippen LogP contribution is -2.36. The number of hydrogen-bond donors (Lipinski definition) is 2. The summed E-state index contributed by atoms with van der Waals surface area (Å²) in [5, 5.41) is 5.74. The van der Waals surface area contributed by atoms with Crippen LogP contribution in [0.2, 0.25) is 0 Å². The molecular formula is C22H29BrN2O2. The van der Waals surface area contributed by atoms with E-state index < -0.39 is 0 Å². The lowest BCUT2D eigenvalue weighted by Gasteiger charge is -2.20. The number of amides is 2. The highest BCUT2D eigenvalue weighted by Gasteiger charge is 2.15. The molecule has 0 atom stereocenters. The van der Waals surface area contributed by atoms with Crippen molar-refractivity contribution >= 4 is 22.0 Å². The van der Waals surface area contributed by atoms with Crippen molar-refractivity contribution in [3.05, 3.63) is 63.6 Å². The van der Waals surface area contributed by atoms with Gasteiger partial charge in [-0.05, 0) is 63.5 Å². The third-order valence-electron chi connectivity index (χ3n) is 4.36. The van der Waals surface area contributed by atoms with Gasteiger partial charge in [0.1, 0.15) is 5.75 Å². The fraction of sp³-hybridized carbons (Fsp3) is 0.409. The summed E-state index contributed by atoms with van der Waals surface area (Å²) in [7, 11) is 0. The topological polar surface area (TPSA) is 50.4 Å². The minimum absolute atomic E-state index is 0.108. The number of ether oxygens (including phenoxy) is 1. The molecule has 0 saturated carbocycles. The van der Waals surface area contributed by atoms with Gasteiger partial charge in [-0.1, -0.05) is 51.1 Å². The van der Waals surface area contributed by atoms with Gasteiger partial charge in [0, 0.05) is 13.1 Å². The molecule has 0 radical (unpaired) electrons. The Balaban J connectivity index is 1.67. The number of rotatable bonds is 7. The van der Waals surface area contributed by atoms with Crippen LogP contribution < -0.4 is 15.4 Å². The quantitative estimate of drug-likeness (QED) is 0.581. The summed E-state index contributed by atoms with van der Waals surface area (Å²) in [4.78, 5) is 11.9. The maximum absolute atomic E-state index is 11.9. The van der Waals surface area contributed by atoms with Gasteiger partial charge in [-0.3, -0.25) is 0 Å². The molecule has 146 valence electrons. The van der Waals surface area contributed by atoms with Crippen molar-refractivity contribution in [2.75, 3.05) is 13.2 Å². The number of carbonyl (C=O) groups excluding carboxylic acids is 1. The number of benzene rings is 2. The Bertz CT molecular complexity index is 769. The number of nitrogens with one attached hydrogen (secondary N) is 2. The first-order valence-electron chi connectivity index (χ1n) is 9.26. The molecule has 27 heavy (non-hydrogen) atoms. The zero-order valence-corrected chi connectivity index (χ0v) is 18.2. The highest BCUT2D eigenvalue weighted by Crippen LogP contribution is 2.31. The number of urea groups is 1. The van der Waals surface area contributed by atoms with Crippen LogP contribution in [-0.4, -0.2) is 19.2 Å². The van der Waals surface area contributed by atoms with Crippen LogP contribution in [0.25, 0.3) is 0 Å². The fourth-order valence-corrected chi connectivity index (χ4v) is 3.08. The molecule has 2 amide bonds. The van der Waals surface area contributed by atoms with Crippen molar-refractivity contribution in [3.63, 3.8) is 0 Å². The standard InChI is InChI=1S/C22H29BrN2O2/c1-16-8-5-6-9-17(16)15-25-21(26)24-12-7-13-27-20-11-10-18(14-19(20)23)22(2,3)4/h5-6,8-11,14H,7,12-13,15H2,1-4H3,(H2,24,25,26). The predicted octanol–water partition coefficient (Wildman–Crippen LogP) is 5.32. The van der Waals surface area contributed by atoms with Crippen LogP contribution in [-0.2, 0) is 12.0 Å². The van der Waals surface area contributed by atoms with E-state index in [0.717, 1.165) is 22.2 Å². The molecule has 0 fully saturated rings. The van der Waals surface area contributed by atoms with Crippen LogP contribution in [0, 0.1) is 6.92 Å². The van der Waals surface area contributed by atoms with Gasteiger partial charge in [0.15, 0.2) is 0 Å². The van der Waals surface area contributed by atoms with Crippen molar-refractivity contribution in [1.82, 2.24) is 10.6 Å². The van der Waals surface area contributed by atoms with Gasteiger partial charge in [-0.2, -0.15) is 0 Å². The average molecular weight is 433 g/mol. The molecule has 0 aliphatic carbocycles. The van der Waals surface area contributed by atoms with E-state index >= 15 is 0 Å². The Morgan fingerprint density at radius 2 is 1.85 bits per heavy atom. The van der Waals surface area contributed by atoms with Crippen molar-refractivity contribution in [3.8, 4) is 5.75 Å². The highest BCUT2D eigenvalue weighted by molar-refractivity contribution is 9.10. The first-order valence-corrected chi connectivity index (χ1v) is 10.1. The summed E-state index contributed by atoms with van der Waals surface area (Å²) in [6.07, 6.45) is 0.741. The Labute approximate surface area is 170 Å². The van der Waals surface area contributed by atoms with E-state index in [0.29, 0.717) is 19.7 Å². The zero-order valence-electron chi connectivity index (χ0n) is 16.6. The minimum Gasteiger partial charge on any atom is -0.492 e. The van der Waals surface area contributed by atoms with Gasteiger partial charge in [0.25, 0.3) is 0 Å². The van der Waals surface area contributed by atoms with Crippen molar-refractivity contribution in [1.29, 1.82) is 0 Å². The second-order valence-electron chi connectivity index (χ2n) is 7.63. The number of halogens is 1. The van der Waals surface area contributed by atoms with Crippen LogP contribution in [0.4, 0.5) is 4.79 Å². The summed E-state index contributed by atoms with van der Waals surface area (Å²) in [6.45, 7) is 10.2. The first kappa shape index (κ1) is 21.3. The second kappa shape index (κ2) is 9.79. The van der Waals surface area contributed by atoms with Gasteiger partial charge in [0.2, 0.25) is 0 Å². The molecule has 5 heteroatoms. The third kappa shape index (κ3) is 6.90. The van der Waals surface area contributed by atoms with E-state index in [1.807, 2.05) is 37.3 Å². The SMILES string of the molecule is Cc1ccccc1CNC(=O)NCCCOc1ccc(C(C)(C)C)cc1Br. The zero-order chi connectivity index (χ0) is 19.9. The number of hydrogen-bond acceptors (Lipinski definition) is 2. The Kier molecular flexibility index (Phi) is 7.72. The second-order valence-corrected chi connectivity index (χ2v) is 8.49. The van der Waals surface area contributed by atoms with E-state index in [1.54, 1.807) is 0 Å². The average Bonchev–Trinajstić information content (AvgIpc) is 2.61. The summed E-state index contributed by atoms with van der Waals surface area (Å²) in [5.74, 6) is 0.826. The Morgan fingerprint density at radius 3 is 2.52 bits per heavy atom. The molecule has 2 N–H and O–H groups in total. The van der Waals surface area contributed by atoms with Crippen molar-refractivity contribution in [2.45, 2.75) is 46.1 Å². The van der Waals surface area contributed by atoms with E-state index in [4.69, 9.17) is 4.74 Å². The van der Waals surface area contributed by atoms with E-state index in [2.05, 4.69) is 59.5 Å². The third-order valence-corrected chi connectivity index (χ3v) is 4.98. The van der Waals surface area contributed by atoms with Gasteiger partial charge in [-0.15, -0.1) is 0 Å². The van der Waals surface area contributed by atoms with Gasteiger partial charge in [-0.25, -0.2) is 4.79 Å². The summed E-state index contributed by atoms with van der Waals surface area (Å²) < 4.78 is 6.77. The van der Waals surface area contributed by atoms with Crippen molar-refractivity contribution in [2.24, 2.45) is 0 Å².